The van der Waals surface area contributed by atoms with Crippen LogP contribution in [-0.2, 0) is 107 Å². The van der Waals surface area contributed by atoms with Gasteiger partial charge in [0.15, 0.2) is 5.96 Å². The number of aliphatic hydroxyl groups is 5. The molecule has 34 N–H and O–H groups in total. The van der Waals surface area contributed by atoms with Gasteiger partial charge in [0.2, 0.25) is 106 Å². The Kier molecular flexibility index (Phi) is 56.7. The number of carboxylic acids is 3. The molecule has 0 radical (unpaired) electrons. The number of aliphatic hydroxyl groups excluding tert-OH is 5. The Labute approximate surface area is 860 Å². The lowest BCUT2D eigenvalue weighted by Gasteiger charge is -2.33. The minimum absolute atomic E-state index is 0.000452. The van der Waals surface area contributed by atoms with Crippen molar-refractivity contribution in [3.05, 3.63) is 35.9 Å². The van der Waals surface area contributed by atoms with Gasteiger partial charge in [0.05, 0.1) is 44.5 Å². The summed E-state index contributed by atoms with van der Waals surface area (Å²) < 4.78 is 0. The molecule has 148 heavy (non-hydrogen) atoms. The van der Waals surface area contributed by atoms with Crippen molar-refractivity contribution < 1.29 is 142 Å². The summed E-state index contributed by atoms with van der Waals surface area (Å²) in [5.41, 5.74) is 23.2. The minimum atomic E-state index is -2.09. The Balaban J connectivity index is 1.81. The quantitative estimate of drug-likeness (QED) is 0.0164. The summed E-state index contributed by atoms with van der Waals surface area (Å²) in [7, 11) is 0. The predicted octanol–water partition coefficient (Wildman–Crippen LogP) is -8.30. The molecule has 0 spiro atoms. The van der Waals surface area contributed by atoms with Gasteiger partial charge < -0.3 is 164 Å². The van der Waals surface area contributed by atoms with Crippen LogP contribution < -0.4 is 113 Å². The van der Waals surface area contributed by atoms with Crippen molar-refractivity contribution in [3.8, 4) is 0 Å². The van der Waals surface area contributed by atoms with Gasteiger partial charge >= 0.3 is 17.9 Å². The van der Waals surface area contributed by atoms with Crippen LogP contribution in [0, 0.1) is 40.9 Å². The Bertz CT molecular complexity index is 4630. The van der Waals surface area contributed by atoms with Gasteiger partial charge in [-0.05, 0) is 151 Å². The number of carbonyl (C=O) groups excluding carboxylic acids is 18. The van der Waals surface area contributed by atoms with Crippen molar-refractivity contribution in [1.82, 2.24) is 100 Å². The van der Waals surface area contributed by atoms with Crippen LogP contribution in [0.2, 0.25) is 0 Å². The first kappa shape index (κ1) is 129. The van der Waals surface area contributed by atoms with Crippen molar-refractivity contribution in [1.29, 1.82) is 5.41 Å². The average molecular weight is 2100 g/mol. The fourth-order valence-electron chi connectivity index (χ4n) is 16.2. The number of hydrogen-bond donors (Lipinski definition) is 30. The van der Waals surface area contributed by atoms with Gasteiger partial charge in [0.25, 0.3) is 0 Å². The first-order chi connectivity index (χ1) is 69.5. The third-order valence-corrected chi connectivity index (χ3v) is 25.0. The van der Waals surface area contributed by atoms with Crippen molar-refractivity contribution in [2.24, 2.45) is 58.4 Å². The second-order valence-electron chi connectivity index (χ2n) is 39.1. The molecule has 0 bridgehead atoms. The molecule has 2 fully saturated rings. The van der Waals surface area contributed by atoms with Gasteiger partial charge in [-0.1, -0.05) is 126 Å². The molecule has 53 nitrogen and oxygen atoms in total. The first-order valence-corrected chi connectivity index (χ1v) is 50.1. The molecular formula is C95H160N24O29. The zero-order chi connectivity index (χ0) is 112. The van der Waals surface area contributed by atoms with Crippen molar-refractivity contribution >= 4 is 130 Å². The highest BCUT2D eigenvalue weighted by Crippen LogP contribution is 2.25. The maximum Gasteiger partial charge on any atom is 0.326 e. The number of nitrogens with one attached hydrogen (secondary N) is 18. The Morgan fingerprint density at radius 1 is 0.385 bits per heavy atom. The molecule has 2 aliphatic heterocycles. The van der Waals surface area contributed by atoms with E-state index in [0.717, 1.165) is 23.6 Å². The summed E-state index contributed by atoms with van der Waals surface area (Å²) in [5, 5.41) is 132. The molecule has 0 aliphatic carbocycles. The van der Waals surface area contributed by atoms with E-state index in [-0.39, 0.29) is 103 Å². The highest BCUT2D eigenvalue weighted by molar-refractivity contribution is 6.03. The summed E-state index contributed by atoms with van der Waals surface area (Å²) in [6.07, 6.45) is -3.64. The monoisotopic (exact) mass is 2100 g/mol. The largest absolute Gasteiger partial charge is 0.481 e. The van der Waals surface area contributed by atoms with Crippen LogP contribution in [0.4, 0.5) is 0 Å². The molecule has 0 unspecified atom stereocenters. The van der Waals surface area contributed by atoms with E-state index in [9.17, 15) is 142 Å². The van der Waals surface area contributed by atoms with E-state index in [0.29, 0.717) is 37.8 Å². The molecule has 0 aromatic heterocycles. The van der Waals surface area contributed by atoms with Gasteiger partial charge in [-0.2, -0.15) is 0 Å². The van der Waals surface area contributed by atoms with E-state index in [2.05, 4.69) is 90.4 Å². The van der Waals surface area contributed by atoms with E-state index in [4.69, 9.17) is 28.3 Å². The summed E-state index contributed by atoms with van der Waals surface area (Å²) in [4.78, 5) is 294. The number of carboxylic acid groups (broad SMARTS) is 3. The summed E-state index contributed by atoms with van der Waals surface area (Å²) in [6.45, 7) is 17.9. The van der Waals surface area contributed by atoms with Crippen molar-refractivity contribution in [2.45, 2.75) is 340 Å². The highest BCUT2D eigenvalue weighted by Gasteiger charge is 2.47. The number of nitrogens with two attached hydrogens (primary N) is 4. The Morgan fingerprint density at radius 2 is 0.743 bits per heavy atom. The SMILES string of the molecule is CC[C@H](C)[C@H](NC(=O)[C@@H]1CCCN1C(=O)[C@H](CO)NC(=O)[C@H](CC(=O)O)NC(=O)[C@H](CO)NC(=O)[C@H](Cc1ccccc1)NC(=O)[C@H](CC(C)C)NC(=O)[C@@H](N)CCCCN)C(=O)N[C@H](C(=O)N[C@H](C(=O)N[C@H](C(=O)N[C@H](C(=O)N1CCC[C@H]1C(=O)N[C@H](C(=O)N[C@@H](CCC(=O)O)C(=O)N[C@H](C(=O)N[C@@H](CO)C(=O)N[C@@H](CCCNC(=N)N)C(=O)N[C@@H](CCCCN)C(=O)O)C(C)C)C(C)C)C(C)C)[C@@H](C)O)C(C)C)[C@@H](C)O. The average Bonchev–Trinajstić information content (AvgIpc) is 1.67. The van der Waals surface area contributed by atoms with Gasteiger partial charge in [-0.25, -0.2) is 4.79 Å². The zero-order valence-corrected chi connectivity index (χ0v) is 86.7. The van der Waals surface area contributed by atoms with E-state index in [1.807, 2.05) is 0 Å². The lowest BCUT2D eigenvalue weighted by Crippen LogP contribution is -2.64. The standard InChI is InChI=1S/C95H160N24O29/c1-15-51(12)73(115-85(138)65-31-24-38-118(65)92(145)64(45-122)110-81(134)61(42-68(127)128)107-83(136)62(43-120)108-80(133)60(41-54-26-17-16-18-27-54)106-79(132)59(40-46(2)3)105-76(129)55(98)28-19-21-35-96)89(142)117-74(52(13)123)90(143)113-71(49(8)9)88(141)116-75(53(14)124)91(144)114-72(50(10)11)93(146)119-39-25-32-66(119)84(137)112-70(48(6)7)86(139)103-57(33-34-67(125)126)78(131)111-69(47(4)5)87(140)109-63(44-121)82(135)102-56(30-23-37-101-95(99)100)77(130)104-58(94(147)148)29-20-22-36-97/h16-18,26-27,46-53,55-66,69-75,120-124H,15,19-25,28-45,96-98H2,1-14H3,(H,102,135)(H,103,139)(H,104,130)(H,105,129)(H,106,132)(H,107,136)(H,108,133)(H,109,140)(H,110,134)(H,111,131)(H,112,137)(H,113,143)(H,114,144)(H,115,138)(H,116,141)(H,117,142)(H,125,126)(H,127,128)(H,147,148)(H4,99,100,101)/t51-,52+,53+,55-,56-,57-,58-,59-,60-,61-,62-,63-,64-,65-,66-,69-,70-,71-,72-,73-,74-,75-/m0/s1. The minimum Gasteiger partial charge on any atom is -0.481 e. The number of nitrogens with zero attached hydrogens (tertiary/aromatic N) is 2. The van der Waals surface area contributed by atoms with Crippen molar-refractivity contribution in [2.75, 3.05) is 52.5 Å². The fourth-order valence-corrected chi connectivity index (χ4v) is 16.2. The number of benzene rings is 1. The van der Waals surface area contributed by atoms with Crippen LogP contribution in [0.25, 0.3) is 0 Å². The molecule has 22 atom stereocenters. The summed E-state index contributed by atoms with van der Waals surface area (Å²) >= 11 is 0. The maximum atomic E-state index is 14.8. The molecule has 2 saturated heterocycles. The van der Waals surface area contributed by atoms with Crippen LogP contribution in [0.15, 0.2) is 30.3 Å². The topological polar surface area (TPSA) is 859 Å². The second kappa shape index (κ2) is 65.0. The van der Waals surface area contributed by atoms with Gasteiger partial charge in [0, 0.05) is 32.5 Å². The fraction of sp³-hybridized carbons (Fsp3) is 0.705. The lowest BCUT2D eigenvalue weighted by atomic mass is 9.96. The maximum absolute atomic E-state index is 14.8. The molecule has 18 amide bonds. The van der Waals surface area contributed by atoms with Crippen LogP contribution >= 0.6 is 0 Å². The molecule has 0 saturated carbocycles. The molecule has 3 rings (SSSR count). The third-order valence-electron chi connectivity index (χ3n) is 25.0. The van der Waals surface area contributed by atoms with E-state index >= 15 is 0 Å². The van der Waals surface area contributed by atoms with E-state index in [1.165, 1.54) is 55.4 Å². The van der Waals surface area contributed by atoms with Crippen LogP contribution in [0.3, 0.4) is 0 Å². The van der Waals surface area contributed by atoms with E-state index < -0.39 is 326 Å². The zero-order valence-electron chi connectivity index (χ0n) is 86.7. The van der Waals surface area contributed by atoms with E-state index in [1.54, 1.807) is 58.0 Å². The number of aliphatic carboxylic acids is 3. The Morgan fingerprint density at radius 3 is 1.20 bits per heavy atom. The number of carbonyl (C=O) groups is 21. The predicted molar refractivity (Wildman–Crippen MR) is 533 cm³/mol. The normalized spacial score (nSPS) is 17.5. The number of likely N-dealkylation sites (tertiary alicyclic amines) is 2. The second-order valence-corrected chi connectivity index (χ2v) is 39.1. The summed E-state index contributed by atoms with van der Waals surface area (Å²) in [5.74, 6) is -28.0. The van der Waals surface area contributed by atoms with Crippen molar-refractivity contribution in [3.63, 3.8) is 0 Å². The molecule has 53 heteroatoms. The van der Waals surface area contributed by atoms with Gasteiger partial charge in [-0.15, -0.1) is 0 Å². The molecule has 2 heterocycles. The molecule has 1 aromatic carbocycles. The van der Waals surface area contributed by atoms with Crippen LogP contribution in [0.1, 0.15) is 212 Å². The van der Waals surface area contributed by atoms with Crippen LogP contribution in [0.5, 0.6) is 0 Å². The molecule has 2 aliphatic rings. The summed E-state index contributed by atoms with van der Waals surface area (Å²) in [6, 6.07) is -22.2. The molecular weight excluding hydrogens is 1940 g/mol. The van der Waals surface area contributed by atoms with Gasteiger partial charge in [0.1, 0.15) is 109 Å². The number of guanidine groups is 1. The Hall–Kier alpha value is -13.0. The number of hydrogen-bond acceptors (Lipinski definition) is 30. The third kappa shape index (κ3) is 42.7. The number of rotatable bonds is 67. The van der Waals surface area contributed by atoms with Crippen LogP contribution in [-0.4, -0.2) is 360 Å². The molecule has 834 valence electrons. The number of unbranched alkanes of at least 4 members (excludes halogenated alkanes) is 2. The number of amides is 18. The molecule has 1 aromatic rings. The van der Waals surface area contributed by atoms with Gasteiger partial charge in [-0.3, -0.25) is 101 Å². The smallest absolute Gasteiger partial charge is 0.326 e. The highest BCUT2D eigenvalue weighted by atomic mass is 16.4. The lowest BCUT2D eigenvalue weighted by molar-refractivity contribution is -0.145. The first-order valence-electron chi connectivity index (χ1n) is 50.1.